The standard InChI is InChI=1S/C21H26FN3O5S/c22-16-1-3-18(4-2-16)25-12-15(11-19(25)26)21(28)24-8-5-14(6-9-24)20(27)23-17-7-10-31(29,30)13-17/h1-4,14-15,17H,5-13H2,(H,23,27)/t15-,17-/m0/s1. The van der Waals surface area contributed by atoms with E-state index in [0.29, 0.717) is 38.0 Å². The molecule has 0 spiro atoms. The molecule has 1 N–H and O–H groups in total. The Morgan fingerprint density at radius 2 is 1.71 bits per heavy atom. The lowest BCUT2D eigenvalue weighted by Gasteiger charge is -2.33. The summed E-state index contributed by atoms with van der Waals surface area (Å²) in [6.45, 7) is 1.13. The van der Waals surface area contributed by atoms with Gasteiger partial charge in [0.05, 0.1) is 17.4 Å². The zero-order valence-corrected chi connectivity index (χ0v) is 17.9. The largest absolute Gasteiger partial charge is 0.352 e. The molecule has 0 bridgehead atoms. The fourth-order valence-electron chi connectivity index (χ4n) is 4.59. The molecule has 10 heteroatoms. The third-order valence-electron chi connectivity index (χ3n) is 6.37. The molecule has 3 heterocycles. The molecule has 4 rings (SSSR count). The quantitative estimate of drug-likeness (QED) is 0.727. The van der Waals surface area contributed by atoms with Crippen molar-refractivity contribution in [1.29, 1.82) is 0 Å². The molecule has 168 valence electrons. The van der Waals surface area contributed by atoms with Gasteiger partial charge in [-0.25, -0.2) is 12.8 Å². The van der Waals surface area contributed by atoms with Crippen LogP contribution in [-0.2, 0) is 24.2 Å². The summed E-state index contributed by atoms with van der Waals surface area (Å²) in [6, 6.07) is 5.31. The molecule has 0 saturated carbocycles. The number of hydrogen-bond donors (Lipinski definition) is 1. The van der Waals surface area contributed by atoms with E-state index in [-0.39, 0.29) is 60.0 Å². The molecule has 3 amide bonds. The Morgan fingerprint density at radius 3 is 2.32 bits per heavy atom. The summed E-state index contributed by atoms with van der Waals surface area (Å²) in [5.41, 5.74) is 0.575. The van der Waals surface area contributed by atoms with Crippen molar-refractivity contribution < 1.29 is 27.2 Å². The Bertz CT molecular complexity index is 973. The van der Waals surface area contributed by atoms with E-state index in [0.717, 1.165) is 0 Å². The van der Waals surface area contributed by atoms with Crippen molar-refractivity contribution in [3.05, 3.63) is 30.1 Å². The Hall–Kier alpha value is -2.49. The summed E-state index contributed by atoms with van der Waals surface area (Å²) in [5.74, 6) is -1.38. The maximum absolute atomic E-state index is 13.1. The highest BCUT2D eigenvalue weighted by atomic mass is 32.2. The van der Waals surface area contributed by atoms with Crippen LogP contribution >= 0.6 is 0 Å². The average molecular weight is 452 g/mol. The third-order valence-corrected chi connectivity index (χ3v) is 8.14. The molecule has 3 saturated heterocycles. The van der Waals surface area contributed by atoms with Crippen molar-refractivity contribution in [3.63, 3.8) is 0 Å². The molecule has 3 aliphatic rings. The van der Waals surface area contributed by atoms with Gasteiger partial charge < -0.3 is 15.1 Å². The minimum Gasteiger partial charge on any atom is -0.352 e. The van der Waals surface area contributed by atoms with Crippen molar-refractivity contribution in [3.8, 4) is 0 Å². The monoisotopic (exact) mass is 451 g/mol. The smallest absolute Gasteiger partial charge is 0.228 e. The first kappa shape index (κ1) is 21.7. The molecule has 8 nitrogen and oxygen atoms in total. The number of carbonyl (C=O) groups excluding carboxylic acids is 3. The molecule has 3 aliphatic heterocycles. The lowest BCUT2D eigenvalue weighted by molar-refractivity contribution is -0.139. The number of carbonyl (C=O) groups is 3. The third kappa shape index (κ3) is 4.89. The fourth-order valence-corrected chi connectivity index (χ4v) is 6.27. The van der Waals surface area contributed by atoms with E-state index in [1.807, 2.05) is 0 Å². The normalized spacial score (nSPS) is 26.3. The van der Waals surface area contributed by atoms with Gasteiger partial charge in [0, 0.05) is 43.7 Å². The van der Waals surface area contributed by atoms with Gasteiger partial charge in [-0.2, -0.15) is 0 Å². The van der Waals surface area contributed by atoms with Crippen LogP contribution in [0.1, 0.15) is 25.7 Å². The number of benzene rings is 1. The highest BCUT2D eigenvalue weighted by molar-refractivity contribution is 7.91. The van der Waals surface area contributed by atoms with Gasteiger partial charge in [-0.1, -0.05) is 0 Å². The number of nitrogens with zero attached hydrogens (tertiary/aromatic N) is 2. The summed E-state index contributed by atoms with van der Waals surface area (Å²) in [4.78, 5) is 41.0. The van der Waals surface area contributed by atoms with Gasteiger partial charge in [0.2, 0.25) is 17.7 Å². The maximum Gasteiger partial charge on any atom is 0.228 e. The lowest BCUT2D eigenvalue weighted by Crippen LogP contribution is -2.47. The summed E-state index contributed by atoms with van der Waals surface area (Å²) in [6.07, 6.45) is 1.59. The predicted molar refractivity (Wildman–Crippen MR) is 111 cm³/mol. The Balaban J connectivity index is 1.28. The number of amides is 3. The molecule has 0 radical (unpaired) electrons. The van der Waals surface area contributed by atoms with Gasteiger partial charge >= 0.3 is 0 Å². The van der Waals surface area contributed by atoms with Gasteiger partial charge in [0.25, 0.3) is 0 Å². The Kier molecular flexibility index (Phi) is 6.00. The highest BCUT2D eigenvalue weighted by Gasteiger charge is 2.39. The molecule has 0 aliphatic carbocycles. The van der Waals surface area contributed by atoms with Gasteiger partial charge in [-0.15, -0.1) is 0 Å². The molecule has 0 unspecified atom stereocenters. The van der Waals surface area contributed by atoms with Crippen molar-refractivity contribution >= 4 is 33.2 Å². The average Bonchev–Trinajstić information content (AvgIpc) is 3.29. The summed E-state index contributed by atoms with van der Waals surface area (Å²) in [7, 11) is -3.05. The number of hydrogen-bond acceptors (Lipinski definition) is 5. The van der Waals surface area contributed by atoms with Crippen LogP contribution in [0.4, 0.5) is 10.1 Å². The van der Waals surface area contributed by atoms with Gasteiger partial charge in [0.15, 0.2) is 9.84 Å². The number of sulfone groups is 1. The molecule has 31 heavy (non-hydrogen) atoms. The van der Waals surface area contributed by atoms with Crippen molar-refractivity contribution in [1.82, 2.24) is 10.2 Å². The van der Waals surface area contributed by atoms with Crippen LogP contribution in [0.25, 0.3) is 0 Å². The predicted octanol–water partition coefficient (Wildman–Crippen LogP) is 0.720. The fraction of sp³-hybridized carbons (Fsp3) is 0.571. The maximum atomic E-state index is 13.1. The first-order valence-corrected chi connectivity index (χ1v) is 12.4. The van der Waals surface area contributed by atoms with Gasteiger partial charge in [-0.05, 0) is 43.5 Å². The first-order valence-electron chi connectivity index (χ1n) is 10.6. The summed E-state index contributed by atoms with van der Waals surface area (Å²) >= 11 is 0. The number of anilines is 1. The van der Waals surface area contributed by atoms with E-state index < -0.39 is 15.8 Å². The van der Waals surface area contributed by atoms with Crippen LogP contribution in [0.15, 0.2) is 24.3 Å². The minimum atomic E-state index is -3.05. The van der Waals surface area contributed by atoms with E-state index in [1.165, 1.54) is 29.2 Å². The van der Waals surface area contributed by atoms with Crippen LogP contribution in [0, 0.1) is 17.7 Å². The minimum absolute atomic E-state index is 0.00364. The molecular weight excluding hydrogens is 425 g/mol. The molecule has 3 fully saturated rings. The second kappa shape index (κ2) is 8.57. The summed E-state index contributed by atoms with van der Waals surface area (Å²) in [5, 5.41) is 2.84. The van der Waals surface area contributed by atoms with Gasteiger partial charge in [-0.3, -0.25) is 14.4 Å². The van der Waals surface area contributed by atoms with E-state index in [9.17, 15) is 27.2 Å². The Morgan fingerprint density at radius 1 is 1.03 bits per heavy atom. The number of rotatable bonds is 4. The van der Waals surface area contributed by atoms with Crippen molar-refractivity contribution in [2.75, 3.05) is 36.0 Å². The molecular formula is C21H26FN3O5S. The van der Waals surface area contributed by atoms with Crippen molar-refractivity contribution in [2.24, 2.45) is 11.8 Å². The van der Waals surface area contributed by atoms with Crippen LogP contribution in [0.3, 0.4) is 0 Å². The number of likely N-dealkylation sites (tertiary alicyclic amines) is 1. The first-order chi connectivity index (χ1) is 14.7. The van der Waals surface area contributed by atoms with Crippen LogP contribution in [-0.4, -0.2) is 68.2 Å². The molecule has 1 aromatic carbocycles. The van der Waals surface area contributed by atoms with Gasteiger partial charge in [0.1, 0.15) is 5.82 Å². The molecule has 0 aromatic heterocycles. The second-order valence-electron chi connectivity index (χ2n) is 8.59. The van der Waals surface area contributed by atoms with E-state index in [1.54, 1.807) is 4.90 Å². The Labute approximate surface area is 180 Å². The van der Waals surface area contributed by atoms with Crippen LogP contribution < -0.4 is 10.2 Å². The number of piperidine rings is 1. The van der Waals surface area contributed by atoms with Crippen LogP contribution in [0.5, 0.6) is 0 Å². The lowest BCUT2D eigenvalue weighted by atomic mass is 9.94. The zero-order valence-electron chi connectivity index (χ0n) is 17.1. The highest BCUT2D eigenvalue weighted by Crippen LogP contribution is 2.28. The van der Waals surface area contributed by atoms with E-state index in [2.05, 4.69) is 5.32 Å². The number of halogens is 1. The topological polar surface area (TPSA) is 104 Å². The number of nitrogens with one attached hydrogen (secondary N) is 1. The van der Waals surface area contributed by atoms with E-state index in [4.69, 9.17) is 0 Å². The summed E-state index contributed by atoms with van der Waals surface area (Å²) < 4.78 is 36.2. The van der Waals surface area contributed by atoms with E-state index >= 15 is 0 Å². The van der Waals surface area contributed by atoms with Crippen molar-refractivity contribution in [2.45, 2.75) is 31.7 Å². The molecule has 2 atom stereocenters. The zero-order chi connectivity index (χ0) is 22.2. The van der Waals surface area contributed by atoms with Crippen LogP contribution in [0.2, 0.25) is 0 Å². The molecule has 1 aromatic rings. The SMILES string of the molecule is O=C(N[C@H]1CCS(=O)(=O)C1)C1CCN(C(=O)[C@H]2CC(=O)N(c3ccc(F)cc3)C2)CC1. The second-order valence-corrected chi connectivity index (χ2v) is 10.8.